The summed E-state index contributed by atoms with van der Waals surface area (Å²) < 4.78 is 11.4. The van der Waals surface area contributed by atoms with Gasteiger partial charge in [0.05, 0.1) is 0 Å². The van der Waals surface area contributed by atoms with Crippen molar-refractivity contribution in [3.63, 3.8) is 0 Å². The Hall–Kier alpha value is -1.09. The maximum atomic E-state index is 5.81. The molecule has 2 aliphatic heterocycles. The lowest BCUT2D eigenvalue weighted by atomic mass is 9.95. The molecule has 0 amide bonds. The predicted molar refractivity (Wildman–Crippen MR) is 46.6 cm³/mol. The maximum Gasteiger partial charge on any atom is 0.132 e. The number of fused-ring (bicyclic) bond motifs is 3. The van der Waals surface area contributed by atoms with E-state index in [9.17, 15) is 0 Å². The van der Waals surface area contributed by atoms with Gasteiger partial charge in [0.2, 0.25) is 0 Å². The minimum Gasteiger partial charge on any atom is -0.485 e. The monoisotopic (exact) mass is 177 g/mol. The van der Waals surface area contributed by atoms with Gasteiger partial charge >= 0.3 is 0 Å². The van der Waals surface area contributed by atoms with Crippen LogP contribution < -0.4 is 4.74 Å². The first-order valence-electron chi connectivity index (χ1n) is 4.47. The normalized spacial score (nSPS) is 32.8. The SMILES string of the molecule is CC1(C)Oc2ccncc2C2OC21. The molecule has 3 rings (SSSR count). The van der Waals surface area contributed by atoms with Gasteiger partial charge in [-0.15, -0.1) is 0 Å². The van der Waals surface area contributed by atoms with Gasteiger partial charge in [-0.2, -0.15) is 0 Å². The molecular weight excluding hydrogens is 166 g/mol. The van der Waals surface area contributed by atoms with E-state index in [0.717, 1.165) is 11.3 Å². The molecule has 13 heavy (non-hydrogen) atoms. The number of epoxide rings is 1. The fraction of sp³-hybridized carbons (Fsp3) is 0.500. The number of nitrogens with zero attached hydrogens (tertiary/aromatic N) is 1. The third kappa shape index (κ3) is 0.907. The third-order valence-electron chi connectivity index (χ3n) is 2.67. The van der Waals surface area contributed by atoms with Crippen LogP contribution in [0.1, 0.15) is 25.5 Å². The Labute approximate surface area is 76.7 Å². The van der Waals surface area contributed by atoms with Gasteiger partial charge in [0.25, 0.3) is 0 Å². The van der Waals surface area contributed by atoms with E-state index in [1.165, 1.54) is 0 Å². The zero-order valence-electron chi connectivity index (χ0n) is 7.65. The first kappa shape index (κ1) is 7.33. The third-order valence-corrected chi connectivity index (χ3v) is 2.67. The van der Waals surface area contributed by atoms with Crippen LogP contribution in [0.4, 0.5) is 0 Å². The van der Waals surface area contributed by atoms with Crippen LogP contribution in [0.25, 0.3) is 0 Å². The van der Waals surface area contributed by atoms with Crippen molar-refractivity contribution in [2.24, 2.45) is 0 Å². The van der Waals surface area contributed by atoms with Gasteiger partial charge in [0, 0.05) is 18.0 Å². The second-order valence-corrected chi connectivity index (χ2v) is 4.10. The van der Waals surface area contributed by atoms with Crippen LogP contribution in [-0.2, 0) is 4.74 Å². The smallest absolute Gasteiger partial charge is 0.132 e. The molecule has 0 N–H and O–H groups in total. The van der Waals surface area contributed by atoms with Gasteiger partial charge in [-0.25, -0.2) is 0 Å². The van der Waals surface area contributed by atoms with Crippen molar-refractivity contribution in [3.05, 3.63) is 24.0 Å². The molecule has 3 heterocycles. The predicted octanol–water partition coefficient (Wildman–Crippen LogP) is 1.69. The van der Waals surface area contributed by atoms with Crippen LogP contribution in [0.5, 0.6) is 5.75 Å². The average Bonchev–Trinajstić information content (AvgIpc) is 2.83. The highest BCUT2D eigenvalue weighted by Crippen LogP contribution is 2.53. The van der Waals surface area contributed by atoms with E-state index in [4.69, 9.17) is 9.47 Å². The van der Waals surface area contributed by atoms with E-state index in [1.54, 1.807) is 6.20 Å². The molecule has 1 fully saturated rings. The van der Waals surface area contributed by atoms with Gasteiger partial charge in [-0.1, -0.05) is 0 Å². The molecule has 0 saturated carbocycles. The van der Waals surface area contributed by atoms with Crippen LogP contribution in [0, 0.1) is 0 Å². The molecule has 2 atom stereocenters. The zero-order valence-corrected chi connectivity index (χ0v) is 7.65. The van der Waals surface area contributed by atoms with Crippen molar-refractivity contribution < 1.29 is 9.47 Å². The minimum atomic E-state index is -0.195. The summed E-state index contributed by atoms with van der Waals surface area (Å²) in [6.45, 7) is 4.11. The molecule has 1 aromatic heterocycles. The Balaban J connectivity index is 2.11. The molecule has 0 radical (unpaired) electrons. The molecule has 1 saturated heterocycles. The molecule has 2 unspecified atom stereocenters. The topological polar surface area (TPSA) is 34.6 Å². The molecule has 0 spiro atoms. The molecular formula is C10H11NO2. The van der Waals surface area contributed by atoms with Crippen molar-refractivity contribution >= 4 is 0 Å². The van der Waals surface area contributed by atoms with E-state index in [-0.39, 0.29) is 17.8 Å². The summed E-state index contributed by atoms with van der Waals surface area (Å²) in [7, 11) is 0. The Bertz CT molecular complexity index is 362. The molecule has 3 nitrogen and oxygen atoms in total. The lowest BCUT2D eigenvalue weighted by Gasteiger charge is -2.29. The molecule has 2 aliphatic rings. The summed E-state index contributed by atoms with van der Waals surface area (Å²) in [5.74, 6) is 0.916. The molecule has 0 bridgehead atoms. The highest BCUT2D eigenvalue weighted by Gasteiger charge is 2.56. The van der Waals surface area contributed by atoms with Crippen LogP contribution in [-0.4, -0.2) is 16.7 Å². The number of ether oxygens (including phenoxy) is 2. The quantitative estimate of drug-likeness (QED) is 0.565. The number of hydrogen-bond donors (Lipinski definition) is 0. The van der Waals surface area contributed by atoms with E-state index in [1.807, 2.05) is 12.3 Å². The Morgan fingerprint density at radius 1 is 1.46 bits per heavy atom. The lowest BCUT2D eigenvalue weighted by molar-refractivity contribution is 0.0724. The van der Waals surface area contributed by atoms with E-state index < -0.39 is 0 Å². The maximum absolute atomic E-state index is 5.81. The van der Waals surface area contributed by atoms with Gasteiger partial charge in [-0.05, 0) is 19.9 Å². The van der Waals surface area contributed by atoms with Gasteiger partial charge in [0.1, 0.15) is 23.6 Å². The van der Waals surface area contributed by atoms with Gasteiger partial charge < -0.3 is 9.47 Å². The number of rotatable bonds is 0. The summed E-state index contributed by atoms with van der Waals surface area (Å²) in [5.41, 5.74) is 0.894. The average molecular weight is 177 g/mol. The van der Waals surface area contributed by atoms with E-state index >= 15 is 0 Å². The van der Waals surface area contributed by atoms with Crippen LogP contribution in [0.3, 0.4) is 0 Å². The molecule has 1 aromatic rings. The zero-order chi connectivity index (χ0) is 9.05. The Morgan fingerprint density at radius 3 is 3.15 bits per heavy atom. The lowest BCUT2D eigenvalue weighted by Crippen LogP contribution is -2.37. The first-order chi connectivity index (χ1) is 6.18. The summed E-state index contributed by atoms with van der Waals surface area (Å²) in [6, 6.07) is 1.90. The van der Waals surface area contributed by atoms with Crippen molar-refractivity contribution in [2.75, 3.05) is 0 Å². The number of aromatic nitrogens is 1. The summed E-state index contributed by atoms with van der Waals surface area (Å²) in [4.78, 5) is 4.06. The largest absolute Gasteiger partial charge is 0.485 e. The second kappa shape index (κ2) is 2.04. The number of pyridine rings is 1. The fourth-order valence-electron chi connectivity index (χ4n) is 1.92. The standard InChI is InChI=1S/C10H11NO2/c1-10(2)9-8(12-9)6-5-11-4-3-7(6)13-10/h3-5,8-9H,1-2H3. The Kier molecular flexibility index (Phi) is 1.15. The molecule has 68 valence electrons. The summed E-state index contributed by atoms with van der Waals surface area (Å²) in [6.07, 6.45) is 4.00. The second-order valence-electron chi connectivity index (χ2n) is 4.10. The van der Waals surface area contributed by atoms with Crippen molar-refractivity contribution in [2.45, 2.75) is 31.7 Å². The van der Waals surface area contributed by atoms with Crippen LogP contribution >= 0.6 is 0 Å². The summed E-state index contributed by atoms with van der Waals surface area (Å²) in [5, 5.41) is 0. The highest BCUT2D eigenvalue weighted by atomic mass is 16.6. The first-order valence-corrected chi connectivity index (χ1v) is 4.47. The Morgan fingerprint density at radius 2 is 2.31 bits per heavy atom. The highest BCUT2D eigenvalue weighted by molar-refractivity contribution is 5.39. The fourth-order valence-corrected chi connectivity index (χ4v) is 1.92. The van der Waals surface area contributed by atoms with Crippen LogP contribution in [0.15, 0.2) is 18.5 Å². The van der Waals surface area contributed by atoms with Crippen molar-refractivity contribution in [1.82, 2.24) is 4.98 Å². The van der Waals surface area contributed by atoms with Crippen LogP contribution in [0.2, 0.25) is 0 Å². The summed E-state index contributed by atoms with van der Waals surface area (Å²) >= 11 is 0. The van der Waals surface area contributed by atoms with Crippen molar-refractivity contribution in [1.29, 1.82) is 0 Å². The van der Waals surface area contributed by atoms with Gasteiger partial charge in [0.15, 0.2) is 0 Å². The van der Waals surface area contributed by atoms with E-state index in [2.05, 4.69) is 18.8 Å². The van der Waals surface area contributed by atoms with Gasteiger partial charge in [-0.3, -0.25) is 4.98 Å². The molecule has 3 heteroatoms. The molecule has 0 aromatic carbocycles. The molecule has 0 aliphatic carbocycles. The van der Waals surface area contributed by atoms with Crippen molar-refractivity contribution in [3.8, 4) is 5.75 Å². The number of hydrogen-bond acceptors (Lipinski definition) is 3. The minimum absolute atomic E-state index is 0.195. The van der Waals surface area contributed by atoms with E-state index in [0.29, 0.717) is 0 Å².